The Morgan fingerprint density at radius 3 is 1.83 bits per heavy atom. The number of nitro groups is 1. The predicted molar refractivity (Wildman–Crippen MR) is 466 cm³/mol. The van der Waals surface area contributed by atoms with E-state index in [2.05, 4.69) is 70.4 Å². The average molecular weight is 1870 g/mol. The van der Waals surface area contributed by atoms with Gasteiger partial charge in [-0.2, -0.15) is 0 Å². The van der Waals surface area contributed by atoms with Crippen molar-refractivity contribution < 1.29 is 135 Å². The van der Waals surface area contributed by atoms with Gasteiger partial charge in [0.25, 0.3) is 0 Å². The van der Waals surface area contributed by atoms with E-state index in [0.717, 1.165) is 52.9 Å². The summed E-state index contributed by atoms with van der Waals surface area (Å²) in [5.41, 5.74) is 12.8. The van der Waals surface area contributed by atoms with Crippen molar-refractivity contribution in [3.8, 4) is 5.75 Å². The number of H-pyrrole nitrogens is 1. The maximum absolute atomic E-state index is 15.1. The number of aromatic nitrogens is 1. The van der Waals surface area contributed by atoms with E-state index in [1.807, 2.05) is 16.0 Å². The molecule has 47 heteroatoms. The van der Waals surface area contributed by atoms with Crippen molar-refractivity contribution in [3.63, 3.8) is 0 Å². The summed E-state index contributed by atoms with van der Waals surface area (Å²) in [5, 5.41) is 95.5. The SMILES string of the molecule is CCCCCCCCCC(=O)N[C@@H](Cc1c[nH]c2ccccc12)C(=O)N[C@@H](CC(N)=O)C(=O)N[C@@H](CCO)C(=O)N[C@@H]1C(=O)NCC(=O)N[C@@H](CCCNCc2ccc(OCc3ccc(F)cc3)c([N+](=O)[O-])c2)C(=O)N[C@@H](CC(=O)O)C(=O)N[C@H](C)C(=O)N[C@@H](CC(=O)O)C(=O)NCC(=O)N[C@H](CO)C(=O)N[C@@H]([C@H](C)CC(=O)O)C(=O)N[C@@H](CC(=O)c2ccccc2N)C(=O)O[C@@H]1C. The molecule has 2 heterocycles. The molecule has 1 aromatic heterocycles. The van der Waals surface area contributed by atoms with Gasteiger partial charge in [0.05, 0.1) is 50.3 Å². The van der Waals surface area contributed by atoms with Crippen LogP contribution < -0.4 is 90.6 Å². The summed E-state index contributed by atoms with van der Waals surface area (Å²) < 4.78 is 25.0. The molecule has 0 spiro atoms. The second kappa shape index (κ2) is 54.1. The number of carbonyl (C=O) groups is 19. The van der Waals surface area contributed by atoms with Crippen LogP contribution in [0.5, 0.6) is 5.75 Å². The smallest absolute Gasteiger partial charge is 0.329 e. The molecule has 0 radical (unpaired) electrons. The Labute approximate surface area is 760 Å². The Balaban J connectivity index is 1.42. The fraction of sp³-hybridized carbons (Fsp3) is 0.477. The van der Waals surface area contributed by atoms with Gasteiger partial charge in [0.2, 0.25) is 82.7 Å². The number of nitrogens with one attached hydrogen (secondary N) is 15. The number of aliphatic hydroxyl groups is 2. The fourth-order valence-corrected chi connectivity index (χ4v) is 13.8. The molecule has 0 bridgehead atoms. The van der Waals surface area contributed by atoms with Gasteiger partial charge in [0.1, 0.15) is 85.0 Å². The topological polar surface area (TPSA) is 723 Å². The van der Waals surface area contributed by atoms with E-state index in [0.29, 0.717) is 40.4 Å². The number of Topliss-reactive ketones (excluding diaryl/α,β-unsaturated/α-hetero) is 1. The Morgan fingerprint density at radius 2 is 1.20 bits per heavy atom. The number of esters is 1. The number of carboxylic acids is 3. The minimum atomic E-state index is -2.40. The highest BCUT2D eigenvalue weighted by Gasteiger charge is 2.41. The molecule has 722 valence electrons. The molecular formula is C86H113FN18O28. The van der Waals surface area contributed by atoms with Crippen LogP contribution in [-0.4, -0.2) is 253 Å². The number of carbonyl (C=O) groups excluding carboxylic acids is 16. The number of halogens is 1. The number of hydrogen-bond acceptors (Lipinski definition) is 27. The number of nitrogen functional groups attached to an aromatic ring is 1. The van der Waals surface area contributed by atoms with Gasteiger partial charge in [-0.1, -0.05) is 101 Å². The Bertz CT molecular complexity index is 5000. The third kappa shape index (κ3) is 36.0. The number of rotatable bonds is 42. The highest BCUT2D eigenvalue weighted by molar-refractivity contribution is 6.05. The molecule has 13 atom stereocenters. The highest BCUT2D eigenvalue weighted by Crippen LogP contribution is 2.30. The summed E-state index contributed by atoms with van der Waals surface area (Å²) in [7, 11) is 0. The van der Waals surface area contributed by atoms with E-state index in [4.69, 9.17) is 20.9 Å². The molecule has 133 heavy (non-hydrogen) atoms. The van der Waals surface area contributed by atoms with Gasteiger partial charge in [-0.05, 0) is 105 Å². The summed E-state index contributed by atoms with van der Waals surface area (Å²) in [6.07, 6.45) is -1.84. The maximum atomic E-state index is 15.1. The Morgan fingerprint density at radius 1 is 0.609 bits per heavy atom. The Kier molecular flexibility index (Phi) is 43.6. The minimum absolute atomic E-state index is 0.00855. The molecule has 5 aromatic rings. The molecule has 46 nitrogen and oxygen atoms in total. The zero-order chi connectivity index (χ0) is 98.1. The number of primary amides is 1. The molecule has 0 saturated carbocycles. The van der Waals surface area contributed by atoms with Crippen molar-refractivity contribution in [2.24, 2.45) is 11.7 Å². The van der Waals surface area contributed by atoms with Gasteiger partial charge < -0.3 is 126 Å². The summed E-state index contributed by atoms with van der Waals surface area (Å²) in [4.78, 5) is 279. The number of fused-ring (bicyclic) bond motifs is 1. The number of nitrogens with two attached hydrogens (primary N) is 2. The zero-order valence-corrected chi connectivity index (χ0v) is 73.3. The Hall–Kier alpha value is -14.6. The standard InChI is InChI=1S/C86H113FN18O28/c1-5-6-7-8-9-10-11-22-68(110)96-58(34-50-40-91-55-20-15-13-17-52(50)55)81(124)100-59(36-67(89)109)82(125)98-57(29-31-106)79(122)104-75-47(4)133-86(129)62(35-65(108)53-18-12-14-19-54(53)88)102-85(128)74(45(2)32-71(113)114)103-83(126)63(43-107)97-70(112)41-92-77(120)60(37-72(115)116)99-76(119)46(3)94-80(123)61(38-73(117)118)101-78(121)56(95-69(111)42-93-84(75)127)21-16-30-90-39-49-25-28-66(64(33-49)105(130)131)132-44-48-23-26-51(87)27-24-48/h12-15,17-20,23-28,33,40,45-47,56-63,74-75,90-91,106-107H,5-11,16,21-22,29-32,34-39,41-44,88H2,1-4H3,(H2,89,109)(H,92,120)(H,93,127)(H,94,123)(H,95,111)(H,96,110)(H,97,112)(H,98,125)(H,99,119)(H,100,124)(H,101,121)(H,102,128)(H,103,126)(H,104,122)(H,113,114)(H,115,116)(H,117,118)/t45-,46-,47-,56+,57+,58+,59+,60+,61+,62+,63-,74+,75+/m1/s1. The second-order valence-corrected chi connectivity index (χ2v) is 31.5. The number of hydrogen-bond donors (Lipinski definition) is 22. The van der Waals surface area contributed by atoms with E-state index in [1.54, 1.807) is 30.5 Å². The lowest BCUT2D eigenvalue weighted by Gasteiger charge is -2.30. The number of carboxylic acid groups (broad SMARTS) is 3. The van der Waals surface area contributed by atoms with Crippen molar-refractivity contribution >= 4 is 135 Å². The fourth-order valence-electron chi connectivity index (χ4n) is 13.8. The first-order valence-corrected chi connectivity index (χ1v) is 42.7. The molecule has 1 aliphatic heterocycles. The highest BCUT2D eigenvalue weighted by atomic mass is 19.1. The number of aliphatic carboxylic acids is 3. The van der Waals surface area contributed by atoms with Crippen molar-refractivity contribution in [2.45, 2.75) is 223 Å². The van der Waals surface area contributed by atoms with Crippen LogP contribution in [0.2, 0.25) is 0 Å². The first kappa shape index (κ1) is 107. The third-order valence-corrected chi connectivity index (χ3v) is 20.9. The van der Waals surface area contributed by atoms with Crippen LogP contribution >= 0.6 is 0 Å². The number of aliphatic hydroxyl groups excluding tert-OH is 2. The first-order valence-electron chi connectivity index (χ1n) is 42.7. The number of ether oxygens (including phenoxy) is 2. The summed E-state index contributed by atoms with van der Waals surface area (Å²) in [5.74, 6) is -28.4. The number of unbranched alkanes of at least 4 members (excludes halogenated alkanes) is 6. The van der Waals surface area contributed by atoms with Crippen molar-refractivity contribution in [2.75, 3.05) is 38.6 Å². The van der Waals surface area contributed by atoms with Crippen LogP contribution in [0.15, 0.2) is 97.2 Å². The third-order valence-electron chi connectivity index (χ3n) is 20.9. The normalized spacial score (nSPS) is 19.9. The van der Waals surface area contributed by atoms with E-state index >= 15 is 9.59 Å². The maximum Gasteiger partial charge on any atom is 0.329 e. The lowest BCUT2D eigenvalue weighted by atomic mass is 9.96. The molecule has 0 aliphatic carbocycles. The molecule has 24 N–H and O–H groups in total. The van der Waals surface area contributed by atoms with Gasteiger partial charge in [-0.3, -0.25) is 96.4 Å². The van der Waals surface area contributed by atoms with Crippen LogP contribution in [0, 0.1) is 21.8 Å². The van der Waals surface area contributed by atoms with E-state index < -0.39 is 279 Å². The number of nitro benzene ring substituents is 1. The van der Waals surface area contributed by atoms with Crippen LogP contribution in [0.4, 0.5) is 15.8 Å². The van der Waals surface area contributed by atoms with Crippen molar-refractivity contribution in [3.05, 3.63) is 135 Å². The predicted octanol–water partition coefficient (Wildman–Crippen LogP) is -2.26. The van der Waals surface area contributed by atoms with E-state index in [9.17, 15) is 122 Å². The number of ketones is 1. The molecule has 1 fully saturated rings. The van der Waals surface area contributed by atoms with Gasteiger partial charge in [0, 0.05) is 66.8 Å². The van der Waals surface area contributed by atoms with Gasteiger partial charge >= 0.3 is 29.6 Å². The van der Waals surface area contributed by atoms with Crippen LogP contribution in [0.25, 0.3) is 10.9 Å². The molecule has 14 amide bonds. The molecule has 6 rings (SSSR count). The monoisotopic (exact) mass is 1860 g/mol. The first-order chi connectivity index (χ1) is 63.2. The summed E-state index contributed by atoms with van der Waals surface area (Å²) in [6.45, 7) is -0.126. The minimum Gasteiger partial charge on any atom is -0.482 e. The molecular weight excluding hydrogens is 1750 g/mol. The van der Waals surface area contributed by atoms with Gasteiger partial charge in [-0.15, -0.1) is 0 Å². The lowest BCUT2D eigenvalue weighted by Crippen LogP contribution is -2.61. The lowest BCUT2D eigenvalue weighted by molar-refractivity contribution is -0.386. The number of nitrogens with zero attached hydrogens (tertiary/aromatic N) is 1. The quantitative estimate of drug-likeness (QED) is 0.00490. The van der Waals surface area contributed by atoms with Crippen LogP contribution in [0.3, 0.4) is 0 Å². The van der Waals surface area contributed by atoms with Crippen LogP contribution in [0.1, 0.15) is 157 Å². The van der Waals surface area contributed by atoms with Gasteiger partial charge in [0.15, 0.2) is 11.5 Å². The number of aromatic amines is 1. The van der Waals surface area contributed by atoms with Gasteiger partial charge in [-0.25, -0.2) is 9.18 Å². The largest absolute Gasteiger partial charge is 0.482 e. The molecule has 4 aromatic carbocycles. The molecule has 1 saturated heterocycles. The number of amides is 14. The van der Waals surface area contributed by atoms with Crippen LogP contribution in [-0.2, 0) is 111 Å². The van der Waals surface area contributed by atoms with Crippen molar-refractivity contribution in [1.29, 1.82) is 0 Å². The summed E-state index contributed by atoms with van der Waals surface area (Å²) in [6, 6.07) is -1.21. The second-order valence-electron chi connectivity index (χ2n) is 31.5. The number of para-hydroxylation sites is 2. The van der Waals surface area contributed by atoms with E-state index in [-0.39, 0.29) is 56.0 Å². The van der Waals surface area contributed by atoms with Crippen molar-refractivity contribution in [1.82, 2.24) is 79.4 Å². The van der Waals surface area contributed by atoms with E-state index in [1.165, 1.54) is 66.7 Å². The zero-order valence-electron chi connectivity index (χ0n) is 73.3. The molecule has 1 aliphatic rings. The number of anilines is 1. The molecule has 0 unspecified atom stereocenters. The average Bonchev–Trinajstić information content (AvgIpc) is 1.72. The number of cyclic esters (lactones) is 1. The summed E-state index contributed by atoms with van der Waals surface area (Å²) >= 11 is 0. The number of benzene rings is 4.